The van der Waals surface area contributed by atoms with Crippen molar-refractivity contribution in [1.82, 2.24) is 10.3 Å². The number of hydrogen-bond acceptors (Lipinski definition) is 5. The highest BCUT2D eigenvalue weighted by atomic mass is 32.1. The molecule has 0 saturated heterocycles. The van der Waals surface area contributed by atoms with Crippen LogP contribution in [-0.4, -0.2) is 24.5 Å². The molecule has 1 amide bonds. The Balaban J connectivity index is 1.92. The Morgan fingerprint density at radius 1 is 1.53 bits per heavy atom. The topological polar surface area (TPSA) is 77.2 Å². The summed E-state index contributed by atoms with van der Waals surface area (Å²) in [5.74, 6) is 0.451. The van der Waals surface area contributed by atoms with Crippen LogP contribution in [-0.2, 0) is 6.42 Å². The van der Waals surface area contributed by atoms with Crippen molar-refractivity contribution < 1.29 is 9.53 Å². The summed E-state index contributed by atoms with van der Waals surface area (Å²) in [6, 6.07) is 5.01. The summed E-state index contributed by atoms with van der Waals surface area (Å²) in [7, 11) is 1.56. The SMILES string of the molecule is COc1ccc(C(=O)NCCc2cscn2)c(N)c1. The van der Waals surface area contributed by atoms with Crippen molar-refractivity contribution in [3.63, 3.8) is 0 Å². The molecule has 0 aliphatic heterocycles. The molecule has 2 aromatic rings. The molecule has 0 saturated carbocycles. The second-order valence-corrected chi connectivity index (χ2v) is 4.66. The molecule has 0 radical (unpaired) electrons. The molecule has 0 fully saturated rings. The van der Waals surface area contributed by atoms with Gasteiger partial charge in [0.25, 0.3) is 5.91 Å². The van der Waals surface area contributed by atoms with Crippen LogP contribution >= 0.6 is 11.3 Å². The highest BCUT2D eigenvalue weighted by Gasteiger charge is 2.10. The van der Waals surface area contributed by atoms with Crippen LogP contribution in [0, 0.1) is 0 Å². The Bertz CT molecular complexity index is 555. The number of nitrogens with one attached hydrogen (secondary N) is 1. The molecular formula is C13H15N3O2S. The number of carbonyl (C=O) groups is 1. The smallest absolute Gasteiger partial charge is 0.253 e. The molecule has 5 nitrogen and oxygen atoms in total. The molecule has 0 aliphatic rings. The van der Waals surface area contributed by atoms with Crippen LogP contribution in [0.1, 0.15) is 16.1 Å². The standard InChI is InChI=1S/C13H15N3O2S/c1-18-10-2-3-11(12(14)6-10)13(17)15-5-4-9-7-19-8-16-9/h2-3,6-8H,4-5,14H2,1H3,(H,15,17). The second kappa shape index (κ2) is 6.19. The molecule has 19 heavy (non-hydrogen) atoms. The average molecular weight is 277 g/mol. The minimum absolute atomic E-state index is 0.185. The second-order valence-electron chi connectivity index (χ2n) is 3.94. The highest BCUT2D eigenvalue weighted by molar-refractivity contribution is 7.07. The minimum atomic E-state index is -0.185. The van der Waals surface area contributed by atoms with Gasteiger partial charge >= 0.3 is 0 Å². The minimum Gasteiger partial charge on any atom is -0.497 e. The van der Waals surface area contributed by atoms with E-state index < -0.39 is 0 Å². The molecule has 3 N–H and O–H groups in total. The summed E-state index contributed by atoms with van der Waals surface area (Å²) in [6.07, 6.45) is 0.714. The number of nitrogens with two attached hydrogens (primary N) is 1. The summed E-state index contributed by atoms with van der Waals surface area (Å²) in [4.78, 5) is 16.1. The number of rotatable bonds is 5. The van der Waals surface area contributed by atoms with Crippen molar-refractivity contribution >= 4 is 22.9 Å². The Morgan fingerprint density at radius 3 is 3.00 bits per heavy atom. The zero-order valence-electron chi connectivity index (χ0n) is 10.6. The van der Waals surface area contributed by atoms with Gasteiger partial charge in [-0.15, -0.1) is 11.3 Å². The van der Waals surface area contributed by atoms with Gasteiger partial charge in [-0.2, -0.15) is 0 Å². The van der Waals surface area contributed by atoms with Gasteiger partial charge in [-0.3, -0.25) is 4.79 Å². The van der Waals surface area contributed by atoms with Crippen molar-refractivity contribution in [2.45, 2.75) is 6.42 Å². The molecule has 1 aromatic carbocycles. The van der Waals surface area contributed by atoms with Crippen LogP contribution < -0.4 is 15.8 Å². The van der Waals surface area contributed by atoms with Gasteiger partial charge in [0.05, 0.1) is 23.9 Å². The molecule has 0 bridgehead atoms. The number of methoxy groups -OCH3 is 1. The number of nitrogen functional groups attached to an aromatic ring is 1. The van der Waals surface area contributed by atoms with Crippen molar-refractivity contribution in [3.05, 3.63) is 40.3 Å². The first-order valence-electron chi connectivity index (χ1n) is 5.79. The first-order chi connectivity index (χ1) is 9.20. The Morgan fingerprint density at radius 2 is 2.37 bits per heavy atom. The van der Waals surface area contributed by atoms with Gasteiger partial charge in [0.15, 0.2) is 0 Å². The number of amides is 1. The lowest BCUT2D eigenvalue weighted by molar-refractivity contribution is 0.0955. The van der Waals surface area contributed by atoms with Crippen LogP contribution in [0.15, 0.2) is 29.1 Å². The van der Waals surface area contributed by atoms with Crippen molar-refractivity contribution in [2.75, 3.05) is 19.4 Å². The van der Waals surface area contributed by atoms with Gasteiger partial charge in [0.1, 0.15) is 5.75 Å². The van der Waals surface area contributed by atoms with Gasteiger partial charge in [-0.1, -0.05) is 0 Å². The summed E-state index contributed by atoms with van der Waals surface area (Å²) in [6.45, 7) is 0.536. The maximum Gasteiger partial charge on any atom is 0.253 e. The van der Waals surface area contributed by atoms with Gasteiger partial charge in [-0.25, -0.2) is 4.98 Å². The molecule has 100 valence electrons. The van der Waals surface area contributed by atoms with Crippen LogP contribution in [0.2, 0.25) is 0 Å². The van der Waals surface area contributed by atoms with E-state index in [-0.39, 0.29) is 5.91 Å². The van der Waals surface area contributed by atoms with E-state index in [2.05, 4.69) is 10.3 Å². The molecular weight excluding hydrogens is 262 g/mol. The Hall–Kier alpha value is -2.08. The molecule has 2 rings (SSSR count). The van der Waals surface area contributed by atoms with Crippen LogP contribution in [0.4, 0.5) is 5.69 Å². The van der Waals surface area contributed by atoms with E-state index in [1.807, 2.05) is 5.38 Å². The van der Waals surface area contributed by atoms with Gasteiger partial charge in [0, 0.05) is 30.1 Å². The highest BCUT2D eigenvalue weighted by Crippen LogP contribution is 2.19. The van der Waals surface area contributed by atoms with E-state index in [0.717, 1.165) is 5.69 Å². The maximum atomic E-state index is 11.9. The number of nitrogens with zero attached hydrogens (tertiary/aromatic N) is 1. The molecule has 1 heterocycles. The zero-order valence-corrected chi connectivity index (χ0v) is 11.4. The first-order valence-corrected chi connectivity index (χ1v) is 6.74. The lowest BCUT2D eigenvalue weighted by Gasteiger charge is -2.08. The van der Waals surface area contributed by atoms with Crippen LogP contribution in [0.25, 0.3) is 0 Å². The van der Waals surface area contributed by atoms with Crippen LogP contribution in [0.5, 0.6) is 5.75 Å². The molecule has 0 atom stereocenters. The fraction of sp³-hybridized carbons (Fsp3) is 0.231. The van der Waals surface area contributed by atoms with Crippen LogP contribution in [0.3, 0.4) is 0 Å². The largest absolute Gasteiger partial charge is 0.497 e. The Kier molecular flexibility index (Phi) is 4.35. The number of thiazole rings is 1. The van der Waals surface area contributed by atoms with Crippen molar-refractivity contribution in [2.24, 2.45) is 0 Å². The number of benzene rings is 1. The lowest BCUT2D eigenvalue weighted by Crippen LogP contribution is -2.26. The Labute approximate surface area is 115 Å². The summed E-state index contributed by atoms with van der Waals surface area (Å²) >= 11 is 1.54. The average Bonchev–Trinajstić information content (AvgIpc) is 2.91. The molecule has 0 aliphatic carbocycles. The predicted molar refractivity (Wildman–Crippen MR) is 75.6 cm³/mol. The number of aromatic nitrogens is 1. The van der Waals surface area contributed by atoms with Gasteiger partial charge in [-0.05, 0) is 12.1 Å². The molecule has 1 aromatic heterocycles. The van der Waals surface area contributed by atoms with Gasteiger partial charge in [0.2, 0.25) is 0 Å². The van der Waals surface area contributed by atoms with E-state index in [1.165, 1.54) is 0 Å². The van der Waals surface area contributed by atoms with E-state index in [1.54, 1.807) is 42.2 Å². The predicted octanol–water partition coefficient (Wildman–Crippen LogP) is 1.71. The summed E-state index contributed by atoms with van der Waals surface area (Å²) < 4.78 is 5.04. The van der Waals surface area contributed by atoms with E-state index in [9.17, 15) is 4.79 Å². The number of hydrogen-bond donors (Lipinski definition) is 2. The number of anilines is 1. The van der Waals surface area contributed by atoms with E-state index in [4.69, 9.17) is 10.5 Å². The maximum absolute atomic E-state index is 11.9. The normalized spacial score (nSPS) is 10.2. The monoisotopic (exact) mass is 277 g/mol. The fourth-order valence-electron chi connectivity index (χ4n) is 1.63. The van der Waals surface area contributed by atoms with Crippen molar-refractivity contribution in [1.29, 1.82) is 0 Å². The van der Waals surface area contributed by atoms with Gasteiger partial charge < -0.3 is 15.8 Å². The summed E-state index contributed by atoms with van der Waals surface area (Å²) in [5, 5.41) is 4.79. The third-order valence-corrected chi connectivity index (χ3v) is 3.29. The van der Waals surface area contributed by atoms with E-state index >= 15 is 0 Å². The molecule has 0 unspecified atom stereocenters. The third kappa shape index (κ3) is 3.45. The number of ether oxygens (including phenoxy) is 1. The first kappa shape index (κ1) is 13.4. The van der Waals surface area contributed by atoms with Crippen molar-refractivity contribution in [3.8, 4) is 5.75 Å². The molecule has 6 heteroatoms. The quantitative estimate of drug-likeness (QED) is 0.816. The number of carbonyl (C=O) groups excluding carboxylic acids is 1. The zero-order chi connectivity index (χ0) is 13.7. The fourth-order valence-corrected chi connectivity index (χ4v) is 2.23. The van der Waals surface area contributed by atoms with E-state index in [0.29, 0.717) is 30.0 Å². The summed E-state index contributed by atoms with van der Waals surface area (Å²) in [5.41, 5.74) is 9.43. The lowest BCUT2D eigenvalue weighted by atomic mass is 10.1. The third-order valence-electron chi connectivity index (χ3n) is 2.65. The molecule has 0 spiro atoms.